The van der Waals surface area contributed by atoms with Crippen molar-refractivity contribution in [1.29, 1.82) is 0 Å². The van der Waals surface area contributed by atoms with Gasteiger partial charge in [0.2, 0.25) is 0 Å². The van der Waals surface area contributed by atoms with Crippen LogP contribution in [0.5, 0.6) is 0 Å². The van der Waals surface area contributed by atoms with E-state index in [4.69, 9.17) is 11.6 Å². The quantitative estimate of drug-likeness (QED) is 0.816. The van der Waals surface area contributed by atoms with Crippen LogP contribution in [0.1, 0.15) is 42.5 Å². The Morgan fingerprint density at radius 1 is 1.24 bits per heavy atom. The molecule has 25 heavy (non-hydrogen) atoms. The van der Waals surface area contributed by atoms with Crippen LogP contribution in [0.3, 0.4) is 0 Å². The van der Waals surface area contributed by atoms with Crippen LogP contribution in [-0.2, 0) is 0 Å². The molecule has 1 aromatic carbocycles. The first-order valence-electron chi connectivity index (χ1n) is 8.45. The van der Waals surface area contributed by atoms with Crippen LogP contribution in [0.4, 0.5) is 0 Å². The van der Waals surface area contributed by atoms with Crippen molar-refractivity contribution in [3.63, 3.8) is 0 Å². The van der Waals surface area contributed by atoms with Gasteiger partial charge in [-0.15, -0.1) is 0 Å². The summed E-state index contributed by atoms with van der Waals surface area (Å²) >= 11 is 7.68. The van der Waals surface area contributed by atoms with Crippen molar-refractivity contribution in [2.75, 3.05) is 6.54 Å². The monoisotopic (exact) mass is 376 g/mol. The molecule has 1 aromatic heterocycles. The van der Waals surface area contributed by atoms with Crippen LogP contribution in [0.25, 0.3) is 0 Å². The average Bonchev–Trinajstić information content (AvgIpc) is 2.63. The molecule has 1 aliphatic carbocycles. The third-order valence-corrected chi connectivity index (χ3v) is 5.67. The average molecular weight is 377 g/mol. The Balaban J connectivity index is 1.68. The molecule has 0 spiro atoms. The normalized spacial score (nSPS) is 16.4. The van der Waals surface area contributed by atoms with Gasteiger partial charge in [0.05, 0.1) is 16.2 Å². The van der Waals surface area contributed by atoms with E-state index in [0.29, 0.717) is 10.6 Å². The lowest BCUT2D eigenvalue weighted by atomic mass is 9.85. The number of nitrogens with one attached hydrogen (secondary N) is 1. The molecule has 3 rings (SSSR count). The summed E-state index contributed by atoms with van der Waals surface area (Å²) in [5.41, 5.74) is -0.372. The van der Waals surface area contributed by atoms with E-state index >= 15 is 0 Å². The summed E-state index contributed by atoms with van der Waals surface area (Å²) in [7, 11) is 0. The van der Waals surface area contributed by atoms with Crippen molar-refractivity contribution < 1.29 is 9.90 Å². The summed E-state index contributed by atoms with van der Waals surface area (Å²) in [6.45, 7) is 0.264. The zero-order chi connectivity index (χ0) is 17.7. The van der Waals surface area contributed by atoms with Gasteiger partial charge < -0.3 is 10.4 Å². The van der Waals surface area contributed by atoms with Crippen molar-refractivity contribution in [3.8, 4) is 0 Å². The van der Waals surface area contributed by atoms with Crippen molar-refractivity contribution in [1.82, 2.24) is 10.3 Å². The fourth-order valence-corrected chi connectivity index (χ4v) is 4.01. The molecule has 2 N–H and O–H groups in total. The molecule has 0 atom stereocenters. The number of benzene rings is 1. The summed E-state index contributed by atoms with van der Waals surface area (Å²) in [6.07, 6.45) is 6.35. The van der Waals surface area contributed by atoms with Gasteiger partial charge in [-0.2, -0.15) is 0 Å². The van der Waals surface area contributed by atoms with Gasteiger partial charge >= 0.3 is 0 Å². The highest BCUT2D eigenvalue weighted by atomic mass is 35.5. The van der Waals surface area contributed by atoms with Gasteiger partial charge in [0.25, 0.3) is 5.91 Å². The van der Waals surface area contributed by atoms with Crippen LogP contribution in [0.15, 0.2) is 52.5 Å². The third-order valence-electron chi connectivity index (χ3n) is 4.40. The topological polar surface area (TPSA) is 62.2 Å². The third kappa shape index (κ3) is 4.97. The van der Waals surface area contributed by atoms with E-state index in [1.54, 1.807) is 18.3 Å². The predicted octanol–water partition coefficient (Wildman–Crippen LogP) is 4.31. The van der Waals surface area contributed by atoms with E-state index < -0.39 is 5.60 Å². The number of aliphatic hydroxyl groups is 1. The van der Waals surface area contributed by atoms with Gasteiger partial charge in [0, 0.05) is 17.6 Å². The summed E-state index contributed by atoms with van der Waals surface area (Å²) in [5.74, 6) is -0.257. The summed E-state index contributed by atoms with van der Waals surface area (Å²) in [4.78, 5) is 17.7. The number of rotatable bonds is 5. The first-order valence-corrected chi connectivity index (χ1v) is 9.64. The number of carbonyl (C=O) groups is 1. The van der Waals surface area contributed by atoms with Crippen LogP contribution >= 0.6 is 23.4 Å². The van der Waals surface area contributed by atoms with E-state index in [2.05, 4.69) is 10.3 Å². The molecule has 0 aliphatic heterocycles. The number of pyridine rings is 1. The molecule has 0 unspecified atom stereocenters. The Bertz CT molecular complexity index is 733. The highest BCUT2D eigenvalue weighted by Gasteiger charge is 2.29. The minimum atomic E-state index is -0.791. The summed E-state index contributed by atoms with van der Waals surface area (Å²) in [6, 6.07) is 11.0. The van der Waals surface area contributed by atoms with Crippen molar-refractivity contribution in [2.24, 2.45) is 0 Å². The molecule has 2 aromatic rings. The Hall–Kier alpha value is -1.56. The lowest BCUT2D eigenvalue weighted by molar-refractivity contribution is 0.00525. The maximum absolute atomic E-state index is 12.5. The van der Waals surface area contributed by atoms with E-state index in [1.165, 1.54) is 11.8 Å². The second-order valence-corrected chi connectivity index (χ2v) is 7.88. The minimum absolute atomic E-state index is 0.257. The second-order valence-electron chi connectivity index (χ2n) is 6.38. The molecule has 1 fully saturated rings. The van der Waals surface area contributed by atoms with Gasteiger partial charge in [0.1, 0.15) is 5.03 Å². The number of hydrogen-bond acceptors (Lipinski definition) is 4. The lowest BCUT2D eigenvalue weighted by Crippen LogP contribution is -2.44. The van der Waals surface area contributed by atoms with Crippen molar-refractivity contribution in [3.05, 3.63) is 53.2 Å². The molecular formula is C19H21ClN2O2S. The van der Waals surface area contributed by atoms with Crippen molar-refractivity contribution >= 4 is 29.3 Å². The minimum Gasteiger partial charge on any atom is -0.388 e. The standard InChI is InChI=1S/C19H21ClN2O2S/c20-16-8-7-14(25-17-6-2-5-11-21-17)12-15(16)18(23)22-13-19(24)9-3-1-4-10-19/h2,5-8,11-12,24H,1,3-4,9-10,13H2,(H,22,23). The molecular weight excluding hydrogens is 356 g/mol. The van der Waals surface area contributed by atoms with Crippen LogP contribution in [0, 0.1) is 0 Å². The van der Waals surface area contributed by atoms with Gasteiger partial charge in [-0.05, 0) is 43.2 Å². The van der Waals surface area contributed by atoms with Gasteiger partial charge in [-0.25, -0.2) is 4.98 Å². The molecule has 4 nitrogen and oxygen atoms in total. The number of hydrogen-bond donors (Lipinski definition) is 2. The van der Waals surface area contributed by atoms with Gasteiger partial charge in [-0.3, -0.25) is 4.79 Å². The Morgan fingerprint density at radius 2 is 2.04 bits per heavy atom. The zero-order valence-electron chi connectivity index (χ0n) is 13.9. The molecule has 1 amide bonds. The number of aromatic nitrogens is 1. The first kappa shape index (κ1) is 18.2. The van der Waals surface area contributed by atoms with E-state index in [1.807, 2.05) is 24.3 Å². The number of halogens is 1. The number of amides is 1. The van der Waals surface area contributed by atoms with Gasteiger partial charge in [-0.1, -0.05) is 48.7 Å². The Kier molecular flexibility index (Phi) is 5.99. The molecule has 0 saturated heterocycles. The SMILES string of the molecule is O=C(NCC1(O)CCCCC1)c1cc(Sc2ccccn2)ccc1Cl. The zero-order valence-corrected chi connectivity index (χ0v) is 15.4. The molecule has 1 heterocycles. The molecule has 0 radical (unpaired) electrons. The van der Waals surface area contributed by atoms with E-state index in [9.17, 15) is 9.90 Å². The molecule has 1 saturated carbocycles. The summed E-state index contributed by atoms with van der Waals surface area (Å²) in [5, 5.41) is 14.6. The van der Waals surface area contributed by atoms with E-state index in [0.717, 1.165) is 42.0 Å². The van der Waals surface area contributed by atoms with E-state index in [-0.39, 0.29) is 12.5 Å². The Labute approximate surface area is 157 Å². The smallest absolute Gasteiger partial charge is 0.252 e. The fourth-order valence-electron chi connectivity index (χ4n) is 3.00. The second kappa shape index (κ2) is 8.21. The van der Waals surface area contributed by atoms with Crippen molar-refractivity contribution in [2.45, 2.75) is 47.6 Å². The highest BCUT2D eigenvalue weighted by molar-refractivity contribution is 7.99. The maximum atomic E-state index is 12.5. The highest BCUT2D eigenvalue weighted by Crippen LogP contribution is 2.30. The number of carbonyl (C=O) groups excluding carboxylic acids is 1. The van der Waals surface area contributed by atoms with Gasteiger partial charge in [0.15, 0.2) is 0 Å². The lowest BCUT2D eigenvalue weighted by Gasteiger charge is -2.32. The van der Waals surface area contributed by atoms with Crippen LogP contribution < -0.4 is 5.32 Å². The largest absolute Gasteiger partial charge is 0.388 e. The number of nitrogens with zero attached hydrogens (tertiary/aromatic N) is 1. The van der Waals surface area contributed by atoms with Crippen LogP contribution in [-0.4, -0.2) is 28.1 Å². The molecule has 132 valence electrons. The predicted molar refractivity (Wildman–Crippen MR) is 100 cm³/mol. The van der Waals surface area contributed by atoms with Crippen LogP contribution in [0.2, 0.25) is 5.02 Å². The maximum Gasteiger partial charge on any atom is 0.252 e. The fraction of sp³-hybridized carbons (Fsp3) is 0.368. The molecule has 6 heteroatoms. The summed E-state index contributed by atoms with van der Waals surface area (Å²) < 4.78 is 0. The molecule has 0 bridgehead atoms. The molecule has 1 aliphatic rings. The Morgan fingerprint density at radius 3 is 2.76 bits per heavy atom. The first-order chi connectivity index (χ1) is 12.1.